The van der Waals surface area contributed by atoms with Crippen molar-refractivity contribution in [3.05, 3.63) is 121 Å². The van der Waals surface area contributed by atoms with Crippen LogP contribution in [-0.2, 0) is 0 Å². The van der Waals surface area contributed by atoms with Gasteiger partial charge in [0.15, 0.2) is 5.11 Å². The van der Waals surface area contributed by atoms with Crippen molar-refractivity contribution in [3.63, 3.8) is 0 Å². The Kier molecular flexibility index (Phi) is 6.67. The third-order valence-electron chi connectivity index (χ3n) is 4.59. The average molecular weight is 423 g/mol. The molecular weight excluding hydrogens is 400 g/mol. The first-order chi connectivity index (χ1) is 15.3. The van der Waals surface area contributed by atoms with E-state index in [0.717, 1.165) is 28.3 Å². The predicted octanol–water partition coefficient (Wildman–Crippen LogP) is 6.48. The molecule has 152 valence electrons. The molecule has 0 radical (unpaired) electrons. The lowest BCUT2D eigenvalue weighted by Gasteiger charge is -2.25. The Morgan fingerprint density at radius 3 is 1.68 bits per heavy atom. The van der Waals surface area contributed by atoms with Crippen LogP contribution >= 0.6 is 12.2 Å². The largest absolute Gasteiger partial charge is 0.331 e. The van der Waals surface area contributed by atoms with E-state index in [-0.39, 0.29) is 0 Å². The molecule has 0 bridgehead atoms. The minimum absolute atomic E-state index is 0.443. The molecule has 5 heteroatoms. The zero-order valence-electron chi connectivity index (χ0n) is 16.8. The highest BCUT2D eigenvalue weighted by Gasteiger charge is 2.11. The van der Waals surface area contributed by atoms with Gasteiger partial charge in [0.2, 0.25) is 0 Å². The molecular formula is C26H22N4S. The average Bonchev–Trinajstić information content (AvgIpc) is 2.82. The maximum atomic E-state index is 5.27. The topological polar surface area (TPSA) is 39.7 Å². The van der Waals surface area contributed by atoms with Crippen molar-refractivity contribution in [3.8, 4) is 0 Å². The van der Waals surface area contributed by atoms with Crippen LogP contribution in [0.4, 0.5) is 22.7 Å². The summed E-state index contributed by atoms with van der Waals surface area (Å²) in [6.07, 6.45) is 1.75. The lowest BCUT2D eigenvalue weighted by atomic mass is 10.1. The first-order valence-electron chi connectivity index (χ1n) is 9.95. The van der Waals surface area contributed by atoms with Crippen LogP contribution in [-0.4, -0.2) is 11.3 Å². The van der Waals surface area contributed by atoms with Crippen LogP contribution in [0.3, 0.4) is 0 Å². The smallest absolute Gasteiger partial charge is 0.191 e. The van der Waals surface area contributed by atoms with Gasteiger partial charge in [-0.3, -0.25) is 5.43 Å². The van der Waals surface area contributed by atoms with E-state index in [9.17, 15) is 0 Å². The van der Waals surface area contributed by atoms with Gasteiger partial charge < -0.3 is 10.2 Å². The van der Waals surface area contributed by atoms with E-state index in [2.05, 4.69) is 57.1 Å². The van der Waals surface area contributed by atoms with Crippen molar-refractivity contribution in [2.45, 2.75) is 0 Å². The van der Waals surface area contributed by atoms with E-state index in [1.165, 1.54) is 0 Å². The Morgan fingerprint density at radius 1 is 0.645 bits per heavy atom. The molecule has 0 saturated carbocycles. The van der Waals surface area contributed by atoms with Crippen molar-refractivity contribution < 1.29 is 0 Å². The molecule has 4 aromatic carbocycles. The van der Waals surface area contributed by atoms with Crippen LogP contribution < -0.4 is 15.6 Å². The summed E-state index contributed by atoms with van der Waals surface area (Å²) in [5.41, 5.74) is 8.02. The molecule has 0 aromatic heterocycles. The minimum Gasteiger partial charge on any atom is -0.331 e. The van der Waals surface area contributed by atoms with Gasteiger partial charge in [-0.25, -0.2) is 0 Å². The molecule has 0 aliphatic carbocycles. The van der Waals surface area contributed by atoms with Gasteiger partial charge in [-0.15, -0.1) is 0 Å². The zero-order valence-corrected chi connectivity index (χ0v) is 17.7. The third-order valence-corrected chi connectivity index (χ3v) is 4.78. The Labute approximate surface area is 187 Å². The standard InChI is InChI=1S/C26H22N4S/c31-26(28-22-10-4-1-5-11-22)29-27-20-21-16-18-25(19-17-21)30(23-12-6-2-7-13-23)24-14-8-3-9-15-24/h1-20H,(H2,28,29,31)/b27-20+. The molecule has 0 atom stereocenters. The molecule has 4 aromatic rings. The van der Waals surface area contributed by atoms with Gasteiger partial charge in [0, 0.05) is 22.7 Å². The summed E-state index contributed by atoms with van der Waals surface area (Å²) in [6, 6.07) is 38.6. The molecule has 0 amide bonds. The second kappa shape index (κ2) is 10.2. The highest BCUT2D eigenvalue weighted by atomic mass is 32.1. The number of thiocarbonyl (C=S) groups is 1. The van der Waals surface area contributed by atoms with E-state index < -0.39 is 0 Å². The maximum absolute atomic E-state index is 5.27. The number of nitrogens with one attached hydrogen (secondary N) is 2. The fourth-order valence-electron chi connectivity index (χ4n) is 3.16. The van der Waals surface area contributed by atoms with Gasteiger partial charge in [0.05, 0.1) is 6.21 Å². The zero-order chi connectivity index (χ0) is 21.3. The molecule has 2 N–H and O–H groups in total. The van der Waals surface area contributed by atoms with Crippen LogP contribution in [0.15, 0.2) is 120 Å². The quantitative estimate of drug-likeness (QED) is 0.212. The maximum Gasteiger partial charge on any atom is 0.191 e. The molecule has 31 heavy (non-hydrogen) atoms. The summed E-state index contributed by atoms with van der Waals surface area (Å²) in [5, 5.41) is 7.77. The number of nitrogens with zero attached hydrogens (tertiary/aromatic N) is 2. The van der Waals surface area contributed by atoms with Crippen LogP contribution in [0.5, 0.6) is 0 Å². The second-order valence-electron chi connectivity index (χ2n) is 6.79. The SMILES string of the molecule is S=C(N/N=C/c1ccc(N(c2ccccc2)c2ccccc2)cc1)Nc1ccccc1. The summed E-state index contributed by atoms with van der Waals surface area (Å²) in [5.74, 6) is 0. The van der Waals surface area contributed by atoms with Gasteiger partial charge in [0.1, 0.15) is 0 Å². The van der Waals surface area contributed by atoms with Crippen molar-refractivity contribution in [1.29, 1.82) is 0 Å². The van der Waals surface area contributed by atoms with Crippen LogP contribution in [0, 0.1) is 0 Å². The summed E-state index contributed by atoms with van der Waals surface area (Å²) in [7, 11) is 0. The Balaban J connectivity index is 1.46. The molecule has 0 saturated heterocycles. The minimum atomic E-state index is 0.443. The van der Waals surface area contributed by atoms with Crippen molar-refractivity contribution >= 4 is 46.3 Å². The van der Waals surface area contributed by atoms with Crippen LogP contribution in [0.1, 0.15) is 5.56 Å². The summed E-state index contributed by atoms with van der Waals surface area (Å²) < 4.78 is 0. The predicted molar refractivity (Wildman–Crippen MR) is 135 cm³/mol. The van der Waals surface area contributed by atoms with E-state index in [1.807, 2.05) is 78.9 Å². The highest BCUT2D eigenvalue weighted by Crippen LogP contribution is 2.33. The molecule has 0 aliphatic rings. The van der Waals surface area contributed by atoms with E-state index in [1.54, 1.807) is 6.21 Å². The van der Waals surface area contributed by atoms with Crippen LogP contribution in [0.25, 0.3) is 0 Å². The number of hydrogen-bond acceptors (Lipinski definition) is 3. The van der Waals surface area contributed by atoms with Gasteiger partial charge in [0.25, 0.3) is 0 Å². The Morgan fingerprint density at radius 2 is 1.13 bits per heavy atom. The molecule has 4 nitrogen and oxygen atoms in total. The second-order valence-corrected chi connectivity index (χ2v) is 7.20. The number of hydrogen-bond donors (Lipinski definition) is 2. The number of para-hydroxylation sites is 3. The van der Waals surface area contributed by atoms with Crippen molar-refractivity contribution in [2.75, 3.05) is 10.2 Å². The molecule has 0 fully saturated rings. The van der Waals surface area contributed by atoms with E-state index in [4.69, 9.17) is 12.2 Å². The van der Waals surface area contributed by atoms with Crippen LogP contribution in [0.2, 0.25) is 0 Å². The molecule has 0 aliphatic heterocycles. The summed E-state index contributed by atoms with van der Waals surface area (Å²) in [4.78, 5) is 2.22. The fraction of sp³-hybridized carbons (Fsp3) is 0. The Hall–Kier alpha value is -3.96. The first-order valence-corrected chi connectivity index (χ1v) is 10.4. The van der Waals surface area contributed by atoms with E-state index in [0.29, 0.717) is 5.11 Å². The third kappa shape index (κ3) is 5.56. The van der Waals surface area contributed by atoms with Gasteiger partial charge in [-0.05, 0) is 66.3 Å². The van der Waals surface area contributed by atoms with Crippen molar-refractivity contribution in [1.82, 2.24) is 5.43 Å². The van der Waals surface area contributed by atoms with Gasteiger partial charge in [-0.1, -0.05) is 66.7 Å². The highest BCUT2D eigenvalue weighted by molar-refractivity contribution is 7.80. The monoisotopic (exact) mass is 422 g/mol. The number of hydrazone groups is 1. The van der Waals surface area contributed by atoms with Gasteiger partial charge >= 0.3 is 0 Å². The number of rotatable bonds is 6. The van der Waals surface area contributed by atoms with E-state index >= 15 is 0 Å². The summed E-state index contributed by atoms with van der Waals surface area (Å²) in [6.45, 7) is 0. The molecule has 0 spiro atoms. The number of anilines is 4. The molecule has 4 rings (SSSR count). The number of benzene rings is 4. The lowest BCUT2D eigenvalue weighted by Crippen LogP contribution is -2.23. The molecule has 0 heterocycles. The Bertz CT molecular complexity index is 1090. The fourth-order valence-corrected chi connectivity index (χ4v) is 3.33. The molecule has 0 unspecified atom stereocenters. The lowest BCUT2D eigenvalue weighted by molar-refractivity contribution is 1.05. The first kappa shape index (κ1) is 20.3. The van der Waals surface area contributed by atoms with Gasteiger partial charge in [-0.2, -0.15) is 5.10 Å². The normalized spacial score (nSPS) is 10.6. The summed E-state index contributed by atoms with van der Waals surface area (Å²) >= 11 is 5.27. The van der Waals surface area contributed by atoms with Crippen molar-refractivity contribution in [2.24, 2.45) is 5.10 Å².